The van der Waals surface area contributed by atoms with Gasteiger partial charge >= 0.3 is 0 Å². The van der Waals surface area contributed by atoms with Crippen molar-refractivity contribution in [1.29, 1.82) is 0 Å². The van der Waals surface area contributed by atoms with Crippen molar-refractivity contribution in [1.82, 2.24) is 0 Å². The smallest absolute Gasteiger partial charge is 0.131 e. The van der Waals surface area contributed by atoms with Crippen molar-refractivity contribution >= 4 is 16.8 Å². The van der Waals surface area contributed by atoms with Gasteiger partial charge in [0.25, 0.3) is 0 Å². The number of aromatic hydroxyl groups is 2. The second-order valence-corrected chi connectivity index (χ2v) is 6.97. The van der Waals surface area contributed by atoms with E-state index in [1.807, 2.05) is 24.3 Å². The summed E-state index contributed by atoms with van der Waals surface area (Å²) in [7, 11) is 0. The van der Waals surface area contributed by atoms with Crippen LogP contribution in [0.3, 0.4) is 0 Å². The fourth-order valence-electron chi connectivity index (χ4n) is 4.08. The zero-order chi connectivity index (χ0) is 18.4. The molecule has 4 heteroatoms. The summed E-state index contributed by atoms with van der Waals surface area (Å²) in [5.74, 6) is 1.78. The molecule has 0 fully saturated rings. The van der Waals surface area contributed by atoms with Gasteiger partial charge in [0.05, 0.1) is 13.2 Å². The maximum atomic E-state index is 10.6. The number of rotatable bonds is 0. The number of benzene rings is 3. The predicted molar refractivity (Wildman–Crippen MR) is 106 cm³/mol. The maximum absolute atomic E-state index is 10.6. The van der Waals surface area contributed by atoms with E-state index in [9.17, 15) is 10.2 Å². The minimum Gasteiger partial charge on any atom is -0.508 e. The molecule has 0 amide bonds. The van der Waals surface area contributed by atoms with Gasteiger partial charge in [0.1, 0.15) is 23.0 Å². The minimum absolute atomic E-state index is 0.203. The van der Waals surface area contributed by atoms with Gasteiger partial charge in [-0.2, -0.15) is 0 Å². The Morgan fingerprint density at radius 3 is 2.33 bits per heavy atom. The average Bonchev–Trinajstić information content (AvgIpc) is 2.77. The highest BCUT2D eigenvalue weighted by Gasteiger charge is 2.26. The van der Waals surface area contributed by atoms with Gasteiger partial charge in [0, 0.05) is 40.6 Å². The highest BCUT2D eigenvalue weighted by atomic mass is 16.5. The molecule has 2 aliphatic rings. The number of allylic oxidation sites excluding steroid dienone is 1. The molecule has 0 spiro atoms. The molecule has 0 unspecified atom stereocenters. The molecule has 0 aromatic heterocycles. The summed E-state index contributed by atoms with van der Waals surface area (Å²) in [5, 5.41) is 22.8. The molecule has 0 saturated carbocycles. The second kappa shape index (κ2) is 6.23. The third kappa shape index (κ3) is 2.52. The molecular weight excluding hydrogens is 340 g/mol. The van der Waals surface area contributed by atoms with Crippen molar-refractivity contribution < 1.29 is 19.7 Å². The first kappa shape index (κ1) is 16.1. The van der Waals surface area contributed by atoms with Gasteiger partial charge < -0.3 is 19.7 Å². The molecule has 0 atom stereocenters. The SMILES string of the molecule is Oc1cc2c(c3c1CCC=C3)-c1c(cc(O)c3ccccc13)OCCCO2. The van der Waals surface area contributed by atoms with E-state index < -0.39 is 0 Å². The topological polar surface area (TPSA) is 58.9 Å². The van der Waals surface area contributed by atoms with Gasteiger partial charge in [-0.3, -0.25) is 0 Å². The van der Waals surface area contributed by atoms with Crippen LogP contribution in [-0.4, -0.2) is 23.4 Å². The van der Waals surface area contributed by atoms with Crippen LogP contribution in [0, 0.1) is 0 Å². The van der Waals surface area contributed by atoms with Crippen LogP contribution in [0.4, 0.5) is 0 Å². The van der Waals surface area contributed by atoms with Crippen LogP contribution in [0.2, 0.25) is 0 Å². The quantitative estimate of drug-likeness (QED) is 0.590. The van der Waals surface area contributed by atoms with Crippen molar-refractivity contribution in [3.05, 3.63) is 53.6 Å². The van der Waals surface area contributed by atoms with E-state index in [1.54, 1.807) is 12.1 Å². The van der Waals surface area contributed by atoms with Crippen LogP contribution in [0.25, 0.3) is 28.0 Å². The van der Waals surface area contributed by atoms with E-state index in [0.717, 1.165) is 52.3 Å². The number of phenols is 2. The number of ether oxygens (including phenoxy) is 2. The first-order valence-corrected chi connectivity index (χ1v) is 9.30. The second-order valence-electron chi connectivity index (χ2n) is 6.97. The van der Waals surface area contributed by atoms with Gasteiger partial charge in [-0.15, -0.1) is 0 Å². The van der Waals surface area contributed by atoms with E-state index in [-0.39, 0.29) is 11.5 Å². The van der Waals surface area contributed by atoms with Gasteiger partial charge in [-0.25, -0.2) is 0 Å². The zero-order valence-electron chi connectivity index (χ0n) is 14.9. The van der Waals surface area contributed by atoms with Crippen molar-refractivity contribution in [2.75, 3.05) is 13.2 Å². The first-order valence-electron chi connectivity index (χ1n) is 9.30. The normalized spacial score (nSPS) is 15.4. The molecule has 4 nitrogen and oxygen atoms in total. The molecule has 0 bridgehead atoms. The van der Waals surface area contributed by atoms with Gasteiger partial charge in [-0.1, -0.05) is 36.4 Å². The van der Waals surface area contributed by atoms with Crippen molar-refractivity contribution in [2.45, 2.75) is 19.3 Å². The van der Waals surface area contributed by atoms with Crippen LogP contribution in [0.5, 0.6) is 23.0 Å². The standard InChI is InChI=1S/C23H20O4/c24-18-12-20-22(16-8-3-1-6-14(16)18)23-17-9-4-2-7-15(17)19(25)13-21(23)27-11-5-10-26-20/h1,3-4,6,8-9,12-13,24-25H,2,5,7,10-11H2. The number of hydrogen-bond donors (Lipinski definition) is 2. The van der Waals surface area contributed by atoms with Gasteiger partial charge in [0.15, 0.2) is 0 Å². The minimum atomic E-state index is 0.203. The number of fused-ring (bicyclic) bond motifs is 7. The molecule has 1 heterocycles. The zero-order valence-corrected chi connectivity index (χ0v) is 14.9. The molecule has 1 aliphatic heterocycles. The fraction of sp³-hybridized carbons (Fsp3) is 0.217. The van der Waals surface area contributed by atoms with Crippen LogP contribution in [0.15, 0.2) is 42.5 Å². The van der Waals surface area contributed by atoms with E-state index in [1.165, 1.54) is 0 Å². The molecule has 3 aromatic rings. The molecule has 0 radical (unpaired) electrons. The lowest BCUT2D eigenvalue weighted by atomic mass is 9.86. The van der Waals surface area contributed by atoms with E-state index >= 15 is 0 Å². The summed E-state index contributed by atoms with van der Waals surface area (Å²) in [5.41, 5.74) is 3.73. The Morgan fingerprint density at radius 1 is 0.815 bits per heavy atom. The van der Waals surface area contributed by atoms with Gasteiger partial charge in [0.2, 0.25) is 0 Å². The van der Waals surface area contributed by atoms with E-state index in [0.29, 0.717) is 24.7 Å². The van der Waals surface area contributed by atoms with E-state index in [4.69, 9.17) is 9.47 Å². The monoisotopic (exact) mass is 360 g/mol. The van der Waals surface area contributed by atoms with Crippen LogP contribution in [0.1, 0.15) is 24.0 Å². The Balaban J connectivity index is 1.95. The van der Waals surface area contributed by atoms with Crippen LogP contribution >= 0.6 is 0 Å². The lowest BCUT2D eigenvalue weighted by Gasteiger charge is -2.22. The lowest BCUT2D eigenvalue weighted by molar-refractivity contribution is 0.251. The average molecular weight is 360 g/mol. The molecule has 2 N–H and O–H groups in total. The Labute approximate surface area is 157 Å². The van der Waals surface area contributed by atoms with Crippen molar-refractivity contribution in [3.8, 4) is 34.1 Å². The summed E-state index contributed by atoms with van der Waals surface area (Å²) >= 11 is 0. The fourth-order valence-corrected chi connectivity index (χ4v) is 4.08. The van der Waals surface area contributed by atoms with Gasteiger partial charge in [-0.05, 0) is 23.8 Å². The molecule has 1 aliphatic carbocycles. The molecule has 27 heavy (non-hydrogen) atoms. The Bertz CT molecular complexity index is 1080. The lowest BCUT2D eigenvalue weighted by Crippen LogP contribution is -2.04. The third-order valence-corrected chi connectivity index (χ3v) is 5.30. The van der Waals surface area contributed by atoms with Crippen molar-refractivity contribution in [3.63, 3.8) is 0 Å². The summed E-state index contributed by atoms with van der Waals surface area (Å²) in [6.45, 7) is 1.01. The summed E-state index contributed by atoms with van der Waals surface area (Å²) in [4.78, 5) is 0. The number of phenolic OH excluding ortho intramolecular Hbond substituents is 2. The molecule has 0 saturated heterocycles. The first-order chi connectivity index (χ1) is 13.2. The van der Waals surface area contributed by atoms with Crippen molar-refractivity contribution in [2.24, 2.45) is 0 Å². The summed E-state index contributed by atoms with van der Waals surface area (Å²) < 4.78 is 12.1. The highest BCUT2D eigenvalue weighted by Crippen LogP contribution is 2.50. The maximum Gasteiger partial charge on any atom is 0.131 e. The molecule has 5 rings (SSSR count). The Morgan fingerprint density at radius 2 is 1.52 bits per heavy atom. The summed E-state index contributed by atoms with van der Waals surface area (Å²) in [6, 6.07) is 11.2. The van der Waals surface area contributed by atoms with Crippen LogP contribution < -0.4 is 9.47 Å². The predicted octanol–water partition coefficient (Wildman–Crippen LogP) is 5.04. The molecule has 136 valence electrons. The third-order valence-electron chi connectivity index (χ3n) is 5.30. The van der Waals surface area contributed by atoms with E-state index in [2.05, 4.69) is 12.2 Å². The Hall–Kier alpha value is -3.14. The molecule has 3 aromatic carbocycles. The molecular formula is C23H20O4. The largest absolute Gasteiger partial charge is 0.508 e. The highest BCUT2D eigenvalue weighted by molar-refractivity contribution is 6.06. The van der Waals surface area contributed by atoms with Crippen LogP contribution in [-0.2, 0) is 6.42 Å². The summed E-state index contributed by atoms with van der Waals surface area (Å²) in [6.07, 6.45) is 6.60. The Kier molecular flexibility index (Phi) is 3.71. The number of hydrogen-bond acceptors (Lipinski definition) is 4.